The summed E-state index contributed by atoms with van der Waals surface area (Å²) in [4.78, 5) is 28.1. The molecule has 1 aromatic carbocycles. The van der Waals surface area contributed by atoms with E-state index in [1.165, 1.54) is 5.56 Å². The third kappa shape index (κ3) is 5.80. The molecule has 0 spiro atoms. The van der Waals surface area contributed by atoms with E-state index in [0.717, 1.165) is 99.2 Å². The van der Waals surface area contributed by atoms with Gasteiger partial charge in [0.1, 0.15) is 29.8 Å². The Kier molecular flexibility index (Phi) is 8.18. The molecule has 10 heteroatoms. The molecule has 0 aliphatic carbocycles. The molecule has 6 rings (SSSR count). The summed E-state index contributed by atoms with van der Waals surface area (Å²) in [5.41, 5.74) is 4.39. The summed E-state index contributed by atoms with van der Waals surface area (Å²) in [5.74, 6) is 9.72. The van der Waals surface area contributed by atoms with Gasteiger partial charge in [-0.15, -0.1) is 0 Å². The van der Waals surface area contributed by atoms with Crippen LogP contribution in [0.4, 0.5) is 17.3 Å². The number of piperidine rings is 2. The average Bonchev–Trinajstić information content (AvgIpc) is 3.14. The Hall–Kier alpha value is -3.16. The number of anilines is 3. The van der Waals surface area contributed by atoms with E-state index in [0.29, 0.717) is 23.5 Å². The van der Waals surface area contributed by atoms with Gasteiger partial charge in [0.05, 0.1) is 11.3 Å². The van der Waals surface area contributed by atoms with Crippen LogP contribution in [0.2, 0.25) is 0 Å². The number of aromatic nitrogens is 2. The molecule has 0 bridgehead atoms. The van der Waals surface area contributed by atoms with Crippen LogP contribution in [0.3, 0.4) is 0 Å². The Balaban J connectivity index is 1.15. The minimum atomic E-state index is -0.751. The lowest BCUT2D eigenvalue weighted by Crippen LogP contribution is -2.48. The van der Waals surface area contributed by atoms with Crippen molar-refractivity contribution in [1.82, 2.24) is 19.8 Å². The second-order valence-corrected chi connectivity index (χ2v) is 13.3. The zero-order chi connectivity index (χ0) is 28.5. The molecule has 1 N–H and O–H groups in total. The zero-order valence-corrected chi connectivity index (χ0v) is 25.1. The van der Waals surface area contributed by atoms with Gasteiger partial charge in [-0.1, -0.05) is 12.0 Å². The molecule has 218 valence electrons. The summed E-state index contributed by atoms with van der Waals surface area (Å²) in [7, 11) is -0.751. The molecule has 1 amide bonds. The van der Waals surface area contributed by atoms with Gasteiger partial charge < -0.3 is 24.8 Å². The van der Waals surface area contributed by atoms with E-state index in [2.05, 4.69) is 62.9 Å². The molecule has 3 saturated heterocycles. The normalized spacial score (nSPS) is 22.5. The van der Waals surface area contributed by atoms with Gasteiger partial charge in [0.25, 0.3) is 5.91 Å². The molecule has 9 nitrogen and oxygen atoms in total. The van der Waals surface area contributed by atoms with Gasteiger partial charge in [0.2, 0.25) is 0 Å². The molecular formula is C31H40N6O3S. The highest BCUT2D eigenvalue weighted by molar-refractivity contribution is 7.85. The molecule has 3 fully saturated rings. The lowest BCUT2D eigenvalue weighted by atomic mass is 9.87. The van der Waals surface area contributed by atoms with E-state index >= 15 is 0 Å². The molecule has 4 aliphatic heterocycles. The minimum absolute atomic E-state index is 0.0373. The van der Waals surface area contributed by atoms with E-state index < -0.39 is 10.8 Å². The van der Waals surface area contributed by atoms with Gasteiger partial charge in [0, 0.05) is 54.5 Å². The SMILES string of the molecule is CC#CC(=O)N1CCC(N2CCC(c3cc(C)c4c(c3)Nc3ncnc(N5CCS(=O)CC5)c3[C@@H](C)O4)CC2)CC1. The van der Waals surface area contributed by atoms with E-state index in [1.807, 2.05) is 4.90 Å². The van der Waals surface area contributed by atoms with E-state index in [1.54, 1.807) is 13.3 Å². The fraction of sp³-hybridized carbons (Fsp3) is 0.581. The first kappa shape index (κ1) is 28.0. The molecule has 0 radical (unpaired) electrons. The Morgan fingerprint density at radius 1 is 1.05 bits per heavy atom. The van der Waals surface area contributed by atoms with Crippen LogP contribution in [-0.2, 0) is 15.6 Å². The molecule has 2 aromatic rings. The van der Waals surface area contributed by atoms with Crippen LogP contribution in [0.15, 0.2) is 18.5 Å². The van der Waals surface area contributed by atoms with Gasteiger partial charge in [-0.3, -0.25) is 9.00 Å². The number of ether oxygens (including phenoxy) is 1. The van der Waals surface area contributed by atoms with Gasteiger partial charge >= 0.3 is 0 Å². The number of nitrogens with one attached hydrogen (secondary N) is 1. The van der Waals surface area contributed by atoms with Crippen molar-refractivity contribution in [3.05, 3.63) is 35.2 Å². The Morgan fingerprint density at radius 3 is 2.49 bits per heavy atom. The second-order valence-electron chi connectivity index (χ2n) is 11.6. The maximum absolute atomic E-state index is 12.1. The lowest BCUT2D eigenvalue weighted by Gasteiger charge is -2.41. The van der Waals surface area contributed by atoms with Crippen molar-refractivity contribution in [2.75, 3.05) is 61.0 Å². The monoisotopic (exact) mass is 576 g/mol. The van der Waals surface area contributed by atoms with Crippen molar-refractivity contribution in [3.63, 3.8) is 0 Å². The van der Waals surface area contributed by atoms with E-state index in [9.17, 15) is 9.00 Å². The molecule has 0 unspecified atom stereocenters. The maximum atomic E-state index is 12.1. The standard InChI is InChI=1S/C31H40N6O3S/c1-4-5-27(38)36-12-8-25(9-13-36)35-10-6-23(7-11-35)24-18-21(2)29-26(19-24)34-30-28(22(3)40-29)31(33-20-32-30)37-14-16-41(39)17-15-37/h18-20,22-23,25H,6-17H2,1-3H3,(H,32,33,34)/t22-/m1/s1. The Morgan fingerprint density at radius 2 is 1.78 bits per heavy atom. The van der Waals surface area contributed by atoms with Crippen LogP contribution < -0.4 is 15.0 Å². The van der Waals surface area contributed by atoms with Crippen molar-refractivity contribution in [2.45, 2.75) is 64.5 Å². The number of aryl methyl sites for hydroxylation is 1. The molecule has 0 saturated carbocycles. The van der Waals surface area contributed by atoms with E-state index in [-0.39, 0.29) is 12.0 Å². The lowest BCUT2D eigenvalue weighted by molar-refractivity contribution is -0.126. The summed E-state index contributed by atoms with van der Waals surface area (Å²) in [6.07, 6.45) is 5.69. The first-order valence-corrected chi connectivity index (χ1v) is 16.4. The topological polar surface area (TPSA) is 90.9 Å². The first-order chi connectivity index (χ1) is 19.9. The summed E-state index contributed by atoms with van der Waals surface area (Å²) >= 11 is 0. The number of carbonyl (C=O) groups excluding carboxylic acids is 1. The fourth-order valence-corrected chi connectivity index (χ4v) is 7.88. The highest BCUT2D eigenvalue weighted by Gasteiger charge is 2.32. The first-order valence-electron chi connectivity index (χ1n) is 14.9. The number of amides is 1. The molecule has 5 heterocycles. The maximum Gasteiger partial charge on any atom is 0.298 e. The van der Waals surface area contributed by atoms with Gasteiger partial charge in [0.15, 0.2) is 0 Å². The van der Waals surface area contributed by atoms with Crippen LogP contribution in [-0.4, -0.2) is 86.7 Å². The molecular weight excluding hydrogens is 536 g/mol. The van der Waals surface area contributed by atoms with Crippen LogP contribution in [0, 0.1) is 18.8 Å². The minimum Gasteiger partial charge on any atom is -0.483 e. The predicted molar refractivity (Wildman–Crippen MR) is 162 cm³/mol. The third-order valence-corrected chi connectivity index (χ3v) is 10.4. The van der Waals surface area contributed by atoms with Gasteiger partial charge in [-0.2, -0.15) is 0 Å². The van der Waals surface area contributed by atoms with Crippen LogP contribution in [0.5, 0.6) is 5.75 Å². The zero-order valence-electron chi connectivity index (χ0n) is 24.3. The highest BCUT2D eigenvalue weighted by atomic mass is 32.2. The average molecular weight is 577 g/mol. The third-order valence-electron chi connectivity index (χ3n) is 9.09. The van der Waals surface area contributed by atoms with Crippen molar-refractivity contribution in [3.8, 4) is 17.6 Å². The Bertz CT molecular complexity index is 1380. The number of fused-ring (bicyclic) bond motifs is 2. The molecule has 41 heavy (non-hydrogen) atoms. The van der Waals surface area contributed by atoms with Crippen molar-refractivity contribution < 1.29 is 13.7 Å². The number of benzene rings is 1. The largest absolute Gasteiger partial charge is 0.483 e. The van der Waals surface area contributed by atoms with Crippen molar-refractivity contribution in [1.29, 1.82) is 0 Å². The smallest absolute Gasteiger partial charge is 0.298 e. The predicted octanol–water partition coefficient (Wildman–Crippen LogP) is 3.74. The quantitative estimate of drug-likeness (QED) is 0.553. The second kappa shape index (κ2) is 12.0. The van der Waals surface area contributed by atoms with Crippen LogP contribution >= 0.6 is 0 Å². The van der Waals surface area contributed by atoms with Crippen molar-refractivity contribution >= 4 is 34.0 Å². The number of likely N-dealkylation sites (tertiary alicyclic amines) is 2. The summed E-state index contributed by atoms with van der Waals surface area (Å²) in [5, 5.41) is 3.61. The number of hydrogen-bond acceptors (Lipinski definition) is 8. The van der Waals surface area contributed by atoms with Crippen LogP contribution in [0.25, 0.3) is 0 Å². The number of hydrogen-bond donors (Lipinski definition) is 1. The number of nitrogens with zero attached hydrogens (tertiary/aromatic N) is 5. The Labute approximate surface area is 245 Å². The fourth-order valence-electron chi connectivity index (χ4n) is 6.83. The van der Waals surface area contributed by atoms with E-state index in [4.69, 9.17) is 4.74 Å². The highest BCUT2D eigenvalue weighted by Crippen LogP contribution is 2.45. The molecule has 4 aliphatic rings. The van der Waals surface area contributed by atoms with Crippen molar-refractivity contribution in [2.24, 2.45) is 0 Å². The molecule has 1 atom stereocenters. The van der Waals surface area contributed by atoms with Gasteiger partial charge in [-0.05, 0) is 88.6 Å². The number of carbonyl (C=O) groups is 1. The van der Waals surface area contributed by atoms with Crippen LogP contribution in [0.1, 0.15) is 68.2 Å². The van der Waals surface area contributed by atoms with Gasteiger partial charge in [-0.25, -0.2) is 9.97 Å². The number of rotatable bonds is 3. The summed E-state index contributed by atoms with van der Waals surface area (Å²) in [6, 6.07) is 5.11. The summed E-state index contributed by atoms with van der Waals surface area (Å²) in [6.45, 7) is 11.1. The summed E-state index contributed by atoms with van der Waals surface area (Å²) < 4.78 is 18.5. The molecule has 1 aromatic heterocycles.